The van der Waals surface area contributed by atoms with Crippen LogP contribution in [0, 0.1) is 0 Å². The zero-order valence-corrected chi connectivity index (χ0v) is 23.5. The number of ether oxygens (including phenoxy) is 3. The first-order chi connectivity index (χ1) is 17.6. The number of carbonyl (C=O) groups excluding carboxylic acids is 3. The number of hydrogen-bond donors (Lipinski definition) is 1. The Balaban J connectivity index is 1.54. The number of alkyl halides is 3. The van der Waals surface area contributed by atoms with Gasteiger partial charge in [-0.05, 0) is 22.6 Å². The van der Waals surface area contributed by atoms with Crippen LogP contribution in [0.5, 0.6) is 0 Å². The summed E-state index contributed by atoms with van der Waals surface area (Å²) >= 11 is 20.0. The van der Waals surface area contributed by atoms with Gasteiger partial charge in [0.25, 0.3) is 11.6 Å². The molecular weight excluding hydrogens is 583 g/mol. The van der Waals surface area contributed by atoms with Crippen LogP contribution in [0.1, 0.15) is 10.4 Å². The van der Waals surface area contributed by atoms with Crippen molar-refractivity contribution >= 4 is 75.7 Å². The van der Waals surface area contributed by atoms with Gasteiger partial charge in [-0.15, -0.1) is 23.1 Å². The third-order valence-corrected chi connectivity index (χ3v) is 8.20. The maximum Gasteiger partial charge on any atom is 0.355 e. The van der Waals surface area contributed by atoms with Crippen LogP contribution in [-0.4, -0.2) is 63.7 Å². The van der Waals surface area contributed by atoms with Crippen LogP contribution in [0.4, 0.5) is 0 Å². The lowest BCUT2D eigenvalue weighted by Crippen LogP contribution is -2.80. The molecule has 1 saturated heterocycles. The van der Waals surface area contributed by atoms with Gasteiger partial charge in [-0.2, -0.15) is 0 Å². The molecule has 1 unspecified atom stereocenters. The molecule has 2 amide bonds. The molecule has 2 aromatic rings. The molecule has 0 aliphatic carbocycles. The van der Waals surface area contributed by atoms with Crippen LogP contribution in [0.2, 0.25) is 0 Å². The molecule has 1 N–H and O–H groups in total. The molecule has 198 valence electrons. The molecule has 13 heteroatoms. The van der Waals surface area contributed by atoms with Gasteiger partial charge in [0.05, 0.1) is 19.6 Å². The van der Waals surface area contributed by atoms with E-state index in [1.807, 2.05) is 47.8 Å². The third kappa shape index (κ3) is 6.44. The molecule has 2 aliphatic heterocycles. The molecule has 1 aromatic heterocycles. The van der Waals surface area contributed by atoms with E-state index in [0.717, 1.165) is 10.4 Å². The second kappa shape index (κ2) is 11.9. The fraction of sp³-hybridized carbons (Fsp3) is 0.375. The number of nitrogens with zero attached hydrogens (tertiary/aromatic N) is 1. The Bertz CT molecular complexity index is 1170. The number of thiophene rings is 1. The number of esters is 1. The Kier molecular flexibility index (Phi) is 9.11. The number of carbonyl (C=O) groups is 3. The second-order valence-corrected chi connectivity index (χ2v) is 12.8. The van der Waals surface area contributed by atoms with Crippen LogP contribution < -0.4 is 5.32 Å². The van der Waals surface area contributed by atoms with E-state index in [1.54, 1.807) is 0 Å². The Morgan fingerprint density at radius 2 is 1.92 bits per heavy atom. The summed E-state index contributed by atoms with van der Waals surface area (Å²) in [5.74, 6) is -1.49. The van der Waals surface area contributed by atoms with E-state index in [2.05, 4.69) is 5.32 Å². The van der Waals surface area contributed by atoms with Crippen LogP contribution in [0.15, 0.2) is 59.1 Å². The van der Waals surface area contributed by atoms with E-state index in [9.17, 15) is 14.4 Å². The predicted molar refractivity (Wildman–Crippen MR) is 143 cm³/mol. The Morgan fingerprint density at radius 1 is 1.16 bits per heavy atom. The fourth-order valence-corrected chi connectivity index (χ4v) is 6.23. The van der Waals surface area contributed by atoms with E-state index >= 15 is 0 Å². The summed E-state index contributed by atoms with van der Waals surface area (Å²) in [6, 6.07) is 13.2. The number of hydrogen-bond acceptors (Lipinski definition) is 8. The summed E-state index contributed by atoms with van der Waals surface area (Å²) in [5.41, 5.74) is -0.141. The third-order valence-electron chi connectivity index (χ3n) is 5.62. The minimum absolute atomic E-state index is 0.00348. The molecule has 0 radical (unpaired) electrons. The molecule has 0 spiro atoms. The van der Waals surface area contributed by atoms with Crippen molar-refractivity contribution in [1.29, 1.82) is 0 Å². The first-order valence-electron chi connectivity index (χ1n) is 11.1. The van der Waals surface area contributed by atoms with E-state index < -0.39 is 33.4 Å². The van der Waals surface area contributed by atoms with Crippen LogP contribution in [0.25, 0.3) is 0 Å². The molecule has 1 aromatic carbocycles. The highest BCUT2D eigenvalue weighted by Gasteiger charge is 2.66. The Morgan fingerprint density at radius 3 is 2.57 bits per heavy atom. The molecule has 8 nitrogen and oxygen atoms in total. The van der Waals surface area contributed by atoms with Gasteiger partial charge in [0.15, 0.2) is 0 Å². The second-order valence-electron chi connectivity index (χ2n) is 8.20. The fourth-order valence-electron chi connectivity index (χ4n) is 3.95. The zero-order valence-electron chi connectivity index (χ0n) is 19.6. The summed E-state index contributed by atoms with van der Waals surface area (Å²) in [6.45, 7) is -0.129. The van der Waals surface area contributed by atoms with Crippen molar-refractivity contribution in [2.75, 3.05) is 26.1 Å². The van der Waals surface area contributed by atoms with Gasteiger partial charge in [0.1, 0.15) is 17.7 Å². The van der Waals surface area contributed by atoms with Crippen molar-refractivity contribution in [3.63, 3.8) is 0 Å². The van der Waals surface area contributed by atoms with E-state index in [-0.39, 0.29) is 24.6 Å². The summed E-state index contributed by atoms with van der Waals surface area (Å²) in [4.78, 5) is 41.4. The quantitative estimate of drug-likeness (QED) is 0.189. The smallest absolute Gasteiger partial charge is 0.355 e. The van der Waals surface area contributed by atoms with Gasteiger partial charge in [0, 0.05) is 17.7 Å². The highest BCUT2D eigenvalue weighted by Crippen LogP contribution is 2.47. The van der Waals surface area contributed by atoms with E-state index in [4.69, 9.17) is 49.0 Å². The minimum Gasteiger partial charge on any atom is -0.456 e. The molecule has 3 heterocycles. The summed E-state index contributed by atoms with van der Waals surface area (Å²) in [7, 11) is 1.34. The molecule has 2 aliphatic rings. The Labute approximate surface area is 237 Å². The topological polar surface area (TPSA) is 94.2 Å². The average Bonchev–Trinajstić information content (AvgIpc) is 3.38. The number of thioether (sulfide) groups is 1. The minimum atomic E-state index is -1.83. The summed E-state index contributed by atoms with van der Waals surface area (Å²) in [5, 5.41) is 3.89. The van der Waals surface area contributed by atoms with Crippen molar-refractivity contribution in [2.24, 2.45) is 0 Å². The van der Waals surface area contributed by atoms with Crippen molar-refractivity contribution in [2.45, 2.75) is 27.9 Å². The Hall–Kier alpha value is -1.79. The van der Waals surface area contributed by atoms with Gasteiger partial charge in [0.2, 0.25) is 9.70 Å². The van der Waals surface area contributed by atoms with Crippen molar-refractivity contribution in [3.05, 3.63) is 69.6 Å². The van der Waals surface area contributed by atoms with Crippen LogP contribution >= 0.6 is 57.9 Å². The maximum absolute atomic E-state index is 13.5. The SMILES string of the molecule is COC1(NC(=O)Cc2cccs2)C(=O)N2C(C(=O)OCC(Cl)(Cl)Cl)=C(COCc3ccccc3)CS[C@@H]21. The molecule has 1 fully saturated rings. The lowest BCUT2D eigenvalue weighted by atomic mass is 9.98. The molecule has 2 atom stereocenters. The number of benzene rings is 1. The van der Waals surface area contributed by atoms with Crippen molar-refractivity contribution in [1.82, 2.24) is 10.2 Å². The van der Waals surface area contributed by atoms with Gasteiger partial charge in [-0.3, -0.25) is 14.5 Å². The number of rotatable bonds is 10. The zero-order chi connectivity index (χ0) is 26.6. The average molecular weight is 606 g/mol. The maximum atomic E-state index is 13.5. The van der Waals surface area contributed by atoms with Gasteiger partial charge in [-0.25, -0.2) is 4.79 Å². The van der Waals surface area contributed by atoms with Crippen LogP contribution in [-0.2, 0) is 41.6 Å². The van der Waals surface area contributed by atoms with E-state index in [1.165, 1.54) is 35.1 Å². The highest BCUT2D eigenvalue weighted by molar-refractivity contribution is 8.00. The first kappa shape index (κ1) is 28.2. The highest BCUT2D eigenvalue weighted by atomic mass is 35.6. The normalized spacial score (nSPS) is 21.4. The van der Waals surface area contributed by atoms with Gasteiger partial charge in [-0.1, -0.05) is 71.2 Å². The lowest BCUT2D eigenvalue weighted by molar-refractivity contribution is -0.193. The van der Waals surface area contributed by atoms with Crippen LogP contribution in [0.3, 0.4) is 0 Å². The lowest BCUT2D eigenvalue weighted by Gasteiger charge is -2.56. The number of fused-ring (bicyclic) bond motifs is 1. The molecule has 37 heavy (non-hydrogen) atoms. The van der Waals surface area contributed by atoms with Crippen molar-refractivity contribution < 1.29 is 28.6 Å². The monoisotopic (exact) mass is 604 g/mol. The number of β-lactam (4-membered cyclic amide) rings is 1. The molecule has 0 saturated carbocycles. The molecular formula is C24H23Cl3N2O6S2. The standard InChI is InChI=1S/C24H23Cl3N2O6S2/c1-33-24(28-18(30)10-17-8-5-9-36-17)21(32)29-19(20(31)35-14-23(25,26)27)16(13-37-22(24)29)12-34-11-15-6-3-2-4-7-15/h2-9,22H,10-14H2,1H3,(H,28,30)/t22-,24?/m1/s1. The van der Waals surface area contributed by atoms with Gasteiger partial charge < -0.3 is 19.5 Å². The number of nitrogens with one attached hydrogen (secondary N) is 1. The van der Waals surface area contributed by atoms with Crippen molar-refractivity contribution in [3.8, 4) is 0 Å². The predicted octanol–water partition coefficient (Wildman–Crippen LogP) is 4.05. The van der Waals surface area contributed by atoms with E-state index in [0.29, 0.717) is 17.9 Å². The first-order valence-corrected chi connectivity index (χ1v) is 14.1. The summed E-state index contributed by atoms with van der Waals surface area (Å²) < 4.78 is 14.8. The number of halogens is 3. The molecule has 0 bridgehead atoms. The van der Waals surface area contributed by atoms with Gasteiger partial charge >= 0.3 is 5.97 Å². The summed E-state index contributed by atoms with van der Waals surface area (Å²) in [6.07, 6.45) is 0.0972. The molecule has 4 rings (SSSR count). The number of amides is 2. The number of methoxy groups -OCH3 is 1. The largest absolute Gasteiger partial charge is 0.456 e.